The highest BCUT2D eigenvalue weighted by atomic mass is 79.9. The third-order valence-corrected chi connectivity index (χ3v) is 7.21. The molecular formula is C22H22BrN3O3S. The summed E-state index contributed by atoms with van der Waals surface area (Å²) in [6, 6.07) is 17.5. The van der Waals surface area contributed by atoms with E-state index in [9.17, 15) is 13.2 Å². The lowest BCUT2D eigenvalue weighted by Gasteiger charge is -2.33. The molecule has 1 fully saturated rings. The molecule has 8 heteroatoms. The van der Waals surface area contributed by atoms with Crippen LogP contribution in [0.3, 0.4) is 0 Å². The molecule has 1 amide bonds. The molecule has 0 radical (unpaired) electrons. The number of aromatic nitrogens is 1. The Labute approximate surface area is 184 Å². The SMILES string of the molecule is O=C(c1cccc(NS(=O)(=O)c2ccc(Br)cc2)c1)N1CCC(n2cccc2)CC1. The van der Waals surface area contributed by atoms with E-state index in [0.29, 0.717) is 30.4 Å². The molecule has 0 atom stereocenters. The number of halogens is 1. The van der Waals surface area contributed by atoms with Gasteiger partial charge in [-0.05, 0) is 67.4 Å². The summed E-state index contributed by atoms with van der Waals surface area (Å²) >= 11 is 3.30. The van der Waals surface area contributed by atoms with Crippen LogP contribution >= 0.6 is 15.9 Å². The fourth-order valence-corrected chi connectivity index (χ4v) is 5.00. The molecule has 3 aromatic rings. The molecule has 2 heterocycles. The van der Waals surface area contributed by atoms with Gasteiger partial charge in [-0.2, -0.15) is 0 Å². The third-order valence-electron chi connectivity index (χ3n) is 5.29. The number of carbonyl (C=O) groups excluding carboxylic acids is 1. The highest BCUT2D eigenvalue weighted by Crippen LogP contribution is 2.25. The van der Waals surface area contributed by atoms with Crippen molar-refractivity contribution in [3.05, 3.63) is 83.1 Å². The molecule has 0 unspecified atom stereocenters. The van der Waals surface area contributed by atoms with E-state index in [0.717, 1.165) is 17.3 Å². The minimum atomic E-state index is -3.73. The Kier molecular flexibility index (Phi) is 5.97. The number of hydrogen-bond acceptors (Lipinski definition) is 3. The van der Waals surface area contributed by atoms with Gasteiger partial charge in [0.05, 0.1) is 4.90 Å². The monoisotopic (exact) mass is 487 g/mol. The average molecular weight is 488 g/mol. The minimum Gasteiger partial charge on any atom is -0.351 e. The quantitative estimate of drug-likeness (QED) is 0.574. The fourth-order valence-electron chi connectivity index (χ4n) is 3.68. The molecule has 30 heavy (non-hydrogen) atoms. The molecule has 1 aliphatic heterocycles. The summed E-state index contributed by atoms with van der Waals surface area (Å²) in [7, 11) is -3.73. The average Bonchev–Trinajstić information content (AvgIpc) is 3.28. The van der Waals surface area contributed by atoms with Crippen LogP contribution in [0.1, 0.15) is 29.2 Å². The van der Waals surface area contributed by atoms with Gasteiger partial charge in [0.1, 0.15) is 0 Å². The number of anilines is 1. The maximum Gasteiger partial charge on any atom is 0.261 e. The number of piperidine rings is 1. The Morgan fingerprint density at radius 3 is 2.30 bits per heavy atom. The van der Waals surface area contributed by atoms with Crippen LogP contribution in [0.25, 0.3) is 0 Å². The van der Waals surface area contributed by atoms with Crippen molar-refractivity contribution in [2.45, 2.75) is 23.8 Å². The van der Waals surface area contributed by atoms with Crippen molar-refractivity contribution in [3.8, 4) is 0 Å². The van der Waals surface area contributed by atoms with Crippen molar-refractivity contribution in [1.82, 2.24) is 9.47 Å². The standard InChI is InChI=1S/C22H22BrN3O3S/c23-18-6-8-21(9-7-18)30(28,29)24-19-5-3-4-17(16-19)22(27)26-14-10-20(11-15-26)25-12-1-2-13-25/h1-9,12-13,16,20,24H,10-11,14-15H2. The van der Waals surface area contributed by atoms with Gasteiger partial charge in [-0.3, -0.25) is 9.52 Å². The largest absolute Gasteiger partial charge is 0.351 e. The van der Waals surface area contributed by atoms with Gasteiger partial charge in [-0.1, -0.05) is 22.0 Å². The Hall–Kier alpha value is -2.58. The summed E-state index contributed by atoms with van der Waals surface area (Å²) in [4.78, 5) is 15.0. The fraction of sp³-hybridized carbons (Fsp3) is 0.227. The molecule has 6 nitrogen and oxygen atoms in total. The van der Waals surface area contributed by atoms with E-state index in [1.165, 1.54) is 12.1 Å². The first kappa shape index (κ1) is 20.7. The zero-order valence-corrected chi connectivity index (χ0v) is 18.6. The first-order valence-corrected chi connectivity index (χ1v) is 12.0. The van der Waals surface area contributed by atoms with E-state index in [1.54, 1.807) is 36.4 Å². The van der Waals surface area contributed by atoms with E-state index < -0.39 is 10.0 Å². The summed E-state index contributed by atoms with van der Waals surface area (Å²) in [6.07, 6.45) is 5.92. The number of benzene rings is 2. The van der Waals surface area contributed by atoms with Crippen molar-refractivity contribution in [2.24, 2.45) is 0 Å². The molecule has 1 aliphatic rings. The topological polar surface area (TPSA) is 71.4 Å². The van der Waals surface area contributed by atoms with Crippen LogP contribution in [0.2, 0.25) is 0 Å². The van der Waals surface area contributed by atoms with Crippen molar-refractivity contribution < 1.29 is 13.2 Å². The molecule has 0 aliphatic carbocycles. The molecule has 1 saturated heterocycles. The zero-order chi connectivity index (χ0) is 21.1. The summed E-state index contributed by atoms with van der Waals surface area (Å²) < 4.78 is 30.8. The highest BCUT2D eigenvalue weighted by molar-refractivity contribution is 9.10. The molecule has 156 valence electrons. The van der Waals surface area contributed by atoms with Gasteiger partial charge in [0, 0.05) is 47.2 Å². The van der Waals surface area contributed by atoms with Gasteiger partial charge in [-0.25, -0.2) is 8.42 Å². The zero-order valence-electron chi connectivity index (χ0n) is 16.2. The predicted octanol–water partition coefficient (Wildman–Crippen LogP) is 4.53. The molecule has 4 rings (SSSR count). The van der Waals surface area contributed by atoms with Crippen LogP contribution < -0.4 is 4.72 Å². The molecule has 0 saturated carbocycles. The van der Waals surface area contributed by atoms with Crippen LogP contribution in [-0.2, 0) is 10.0 Å². The van der Waals surface area contributed by atoms with Crippen LogP contribution in [0.15, 0.2) is 82.4 Å². The van der Waals surface area contributed by atoms with Gasteiger partial charge in [0.25, 0.3) is 15.9 Å². The Morgan fingerprint density at radius 2 is 1.63 bits per heavy atom. The number of likely N-dealkylation sites (tertiary alicyclic amines) is 1. The number of rotatable bonds is 5. The van der Waals surface area contributed by atoms with Gasteiger partial charge >= 0.3 is 0 Å². The summed E-state index contributed by atoms with van der Waals surface area (Å²) in [6.45, 7) is 1.35. The Balaban J connectivity index is 1.44. The third kappa shape index (κ3) is 4.60. The van der Waals surface area contributed by atoms with E-state index in [-0.39, 0.29) is 10.8 Å². The molecule has 2 aromatic carbocycles. The second-order valence-corrected chi connectivity index (χ2v) is 9.89. The normalized spacial score (nSPS) is 15.2. The van der Waals surface area contributed by atoms with Gasteiger partial charge < -0.3 is 9.47 Å². The Bertz CT molecular complexity index is 1120. The van der Waals surface area contributed by atoms with Crippen LogP contribution in [-0.4, -0.2) is 36.9 Å². The second-order valence-electron chi connectivity index (χ2n) is 7.29. The van der Waals surface area contributed by atoms with E-state index in [4.69, 9.17) is 0 Å². The molecule has 1 aromatic heterocycles. The summed E-state index contributed by atoms with van der Waals surface area (Å²) in [5, 5.41) is 0. The van der Waals surface area contributed by atoms with E-state index in [2.05, 4.69) is 37.6 Å². The summed E-state index contributed by atoms with van der Waals surface area (Å²) in [5.74, 6) is -0.0781. The van der Waals surface area contributed by atoms with Crippen molar-refractivity contribution in [2.75, 3.05) is 17.8 Å². The lowest BCUT2D eigenvalue weighted by Crippen LogP contribution is -2.38. The lowest BCUT2D eigenvalue weighted by atomic mass is 10.0. The number of hydrogen-bond donors (Lipinski definition) is 1. The predicted molar refractivity (Wildman–Crippen MR) is 120 cm³/mol. The molecule has 0 spiro atoms. The highest BCUT2D eigenvalue weighted by Gasteiger charge is 2.24. The Morgan fingerprint density at radius 1 is 0.967 bits per heavy atom. The van der Waals surface area contributed by atoms with E-state index >= 15 is 0 Å². The molecule has 1 N–H and O–H groups in total. The first-order valence-electron chi connectivity index (χ1n) is 9.72. The van der Waals surface area contributed by atoms with E-state index in [1.807, 2.05) is 17.0 Å². The maximum absolute atomic E-state index is 13.0. The lowest BCUT2D eigenvalue weighted by molar-refractivity contribution is 0.0694. The maximum atomic E-state index is 13.0. The minimum absolute atomic E-state index is 0.0781. The summed E-state index contributed by atoms with van der Waals surface area (Å²) in [5.41, 5.74) is 0.844. The van der Waals surface area contributed by atoms with Crippen LogP contribution in [0.4, 0.5) is 5.69 Å². The van der Waals surface area contributed by atoms with Crippen LogP contribution in [0, 0.1) is 0 Å². The van der Waals surface area contributed by atoms with Gasteiger partial charge in [-0.15, -0.1) is 0 Å². The first-order chi connectivity index (χ1) is 14.4. The van der Waals surface area contributed by atoms with Gasteiger partial charge in [0.2, 0.25) is 0 Å². The van der Waals surface area contributed by atoms with Crippen molar-refractivity contribution in [1.29, 1.82) is 0 Å². The second kappa shape index (κ2) is 8.65. The van der Waals surface area contributed by atoms with Gasteiger partial charge in [0.15, 0.2) is 0 Å². The van der Waals surface area contributed by atoms with Crippen LogP contribution in [0.5, 0.6) is 0 Å². The molecular weight excluding hydrogens is 466 g/mol. The number of amides is 1. The number of sulfonamides is 1. The van der Waals surface area contributed by atoms with Crippen molar-refractivity contribution in [3.63, 3.8) is 0 Å². The smallest absolute Gasteiger partial charge is 0.261 e. The number of carbonyl (C=O) groups is 1. The van der Waals surface area contributed by atoms with Crippen molar-refractivity contribution >= 4 is 37.5 Å². The number of nitrogens with zero attached hydrogens (tertiary/aromatic N) is 2. The number of nitrogens with one attached hydrogen (secondary N) is 1. The molecule has 0 bridgehead atoms.